The van der Waals surface area contributed by atoms with Gasteiger partial charge in [0.05, 0.1) is 6.54 Å². The maximum absolute atomic E-state index is 12.8. The Hall–Kier alpha value is -3.70. The fourth-order valence-electron chi connectivity index (χ4n) is 4.08. The number of carbonyl (C=O) groups is 1. The summed E-state index contributed by atoms with van der Waals surface area (Å²) in [6.45, 7) is 6.13. The summed E-state index contributed by atoms with van der Waals surface area (Å²) in [6.07, 6.45) is 6.02. The number of nitrogens with one attached hydrogen (secondary N) is 1. The van der Waals surface area contributed by atoms with E-state index >= 15 is 0 Å². The van der Waals surface area contributed by atoms with Crippen LogP contribution in [0.4, 0.5) is 5.82 Å². The predicted octanol–water partition coefficient (Wildman–Crippen LogP) is 1.71. The van der Waals surface area contributed by atoms with Gasteiger partial charge < -0.3 is 29.5 Å². The highest BCUT2D eigenvalue weighted by Gasteiger charge is 2.17. The molecule has 1 aliphatic rings. The molecule has 3 aromatic rings. The lowest BCUT2D eigenvalue weighted by Gasteiger charge is -2.25. The van der Waals surface area contributed by atoms with Crippen LogP contribution in [-0.4, -0.2) is 95.9 Å². The molecule has 1 aliphatic heterocycles. The molecule has 0 spiro atoms. The standard InChI is InChI=1S/C26H36N8O3/c1-20-14-24(30-26(29-20)34-13-8-27-18-34)33(17-25(35)28-9-12-31(2)3)11-5-10-32(4)16-21-6-7-22-23(15-21)37-19-36-22/h6-8,13-15,18H,5,9-12,16-17,19H2,1-4H3,(H,28,35). The first kappa shape index (κ1) is 26.4. The van der Waals surface area contributed by atoms with Gasteiger partial charge in [-0.2, -0.15) is 4.98 Å². The smallest absolute Gasteiger partial charge is 0.239 e. The largest absolute Gasteiger partial charge is 0.454 e. The van der Waals surface area contributed by atoms with Crippen molar-refractivity contribution in [2.24, 2.45) is 0 Å². The number of fused-ring (bicyclic) bond motifs is 1. The van der Waals surface area contributed by atoms with E-state index in [1.54, 1.807) is 17.1 Å². The van der Waals surface area contributed by atoms with E-state index in [2.05, 4.69) is 33.3 Å². The van der Waals surface area contributed by atoms with Crippen LogP contribution in [-0.2, 0) is 11.3 Å². The lowest BCUT2D eigenvalue weighted by atomic mass is 10.2. The zero-order valence-corrected chi connectivity index (χ0v) is 22.1. The van der Waals surface area contributed by atoms with Crippen molar-refractivity contribution in [1.82, 2.24) is 34.6 Å². The topological polar surface area (TPSA) is 101 Å². The van der Waals surface area contributed by atoms with Crippen molar-refractivity contribution in [2.75, 3.05) is 65.6 Å². The Morgan fingerprint density at radius 1 is 1.08 bits per heavy atom. The second kappa shape index (κ2) is 12.5. The molecule has 1 N–H and O–H groups in total. The zero-order chi connectivity index (χ0) is 26.2. The van der Waals surface area contributed by atoms with E-state index in [9.17, 15) is 4.79 Å². The van der Waals surface area contributed by atoms with Crippen LogP contribution in [0.15, 0.2) is 43.0 Å². The molecule has 37 heavy (non-hydrogen) atoms. The number of carbonyl (C=O) groups excluding carboxylic acids is 1. The van der Waals surface area contributed by atoms with E-state index in [0.29, 0.717) is 19.0 Å². The first-order valence-corrected chi connectivity index (χ1v) is 12.4. The van der Waals surface area contributed by atoms with Gasteiger partial charge in [-0.05, 0) is 58.7 Å². The van der Waals surface area contributed by atoms with Crippen molar-refractivity contribution in [3.05, 3.63) is 54.2 Å². The van der Waals surface area contributed by atoms with E-state index in [-0.39, 0.29) is 19.2 Å². The average molecular weight is 509 g/mol. The molecule has 0 radical (unpaired) electrons. The normalized spacial score (nSPS) is 12.4. The maximum Gasteiger partial charge on any atom is 0.239 e. The fraction of sp³-hybridized carbons (Fsp3) is 0.462. The molecule has 3 heterocycles. The van der Waals surface area contributed by atoms with E-state index in [4.69, 9.17) is 14.5 Å². The van der Waals surface area contributed by atoms with Crippen molar-refractivity contribution in [2.45, 2.75) is 19.9 Å². The average Bonchev–Trinajstić information content (AvgIpc) is 3.55. The molecule has 0 saturated carbocycles. The fourth-order valence-corrected chi connectivity index (χ4v) is 4.08. The summed E-state index contributed by atoms with van der Waals surface area (Å²) in [5, 5.41) is 3.01. The molecule has 0 unspecified atom stereocenters. The number of nitrogens with zero attached hydrogens (tertiary/aromatic N) is 7. The van der Waals surface area contributed by atoms with Gasteiger partial charge >= 0.3 is 0 Å². The Morgan fingerprint density at radius 2 is 1.92 bits per heavy atom. The third-order valence-electron chi connectivity index (χ3n) is 5.96. The number of imidazole rings is 1. The summed E-state index contributed by atoms with van der Waals surface area (Å²) >= 11 is 0. The van der Waals surface area contributed by atoms with Gasteiger partial charge in [0.1, 0.15) is 12.1 Å². The Morgan fingerprint density at radius 3 is 2.70 bits per heavy atom. The third kappa shape index (κ3) is 7.64. The molecular formula is C26H36N8O3. The van der Waals surface area contributed by atoms with E-state index in [1.165, 1.54) is 5.56 Å². The summed E-state index contributed by atoms with van der Waals surface area (Å²) in [5.41, 5.74) is 1.99. The number of hydrogen-bond donors (Lipinski definition) is 1. The highest BCUT2D eigenvalue weighted by atomic mass is 16.7. The molecular weight excluding hydrogens is 472 g/mol. The van der Waals surface area contributed by atoms with Crippen LogP contribution < -0.4 is 19.7 Å². The number of ether oxygens (including phenoxy) is 2. The van der Waals surface area contributed by atoms with Crippen LogP contribution in [0.1, 0.15) is 17.7 Å². The van der Waals surface area contributed by atoms with Gasteiger partial charge in [0.25, 0.3) is 0 Å². The SMILES string of the molecule is Cc1cc(N(CCCN(C)Cc2ccc3c(c2)OCO3)CC(=O)NCCN(C)C)nc(-n2ccnc2)n1. The van der Waals surface area contributed by atoms with Gasteiger partial charge in [-0.15, -0.1) is 0 Å². The summed E-state index contributed by atoms with van der Waals surface area (Å²) in [6, 6.07) is 7.97. The molecule has 4 rings (SSSR count). The molecule has 1 aromatic carbocycles. The minimum Gasteiger partial charge on any atom is -0.454 e. The number of benzene rings is 1. The second-order valence-corrected chi connectivity index (χ2v) is 9.49. The molecule has 2 aromatic heterocycles. The number of anilines is 1. The van der Waals surface area contributed by atoms with E-state index in [1.807, 2.05) is 55.2 Å². The van der Waals surface area contributed by atoms with Gasteiger partial charge in [-0.1, -0.05) is 6.07 Å². The highest BCUT2D eigenvalue weighted by molar-refractivity contribution is 5.81. The summed E-state index contributed by atoms with van der Waals surface area (Å²) in [5.74, 6) is 2.81. The number of rotatable bonds is 13. The lowest BCUT2D eigenvalue weighted by Crippen LogP contribution is -2.41. The summed E-state index contributed by atoms with van der Waals surface area (Å²) in [7, 11) is 6.06. The highest BCUT2D eigenvalue weighted by Crippen LogP contribution is 2.32. The first-order valence-electron chi connectivity index (χ1n) is 12.4. The Labute approximate surface area is 218 Å². The Bertz CT molecular complexity index is 1170. The van der Waals surface area contributed by atoms with Crippen molar-refractivity contribution >= 4 is 11.7 Å². The zero-order valence-electron chi connectivity index (χ0n) is 22.1. The number of aromatic nitrogens is 4. The van der Waals surface area contributed by atoms with Gasteiger partial charge in [0.15, 0.2) is 11.5 Å². The van der Waals surface area contributed by atoms with Crippen LogP contribution in [0, 0.1) is 6.92 Å². The number of amides is 1. The molecule has 1 amide bonds. The molecule has 0 bridgehead atoms. The van der Waals surface area contributed by atoms with E-state index < -0.39 is 0 Å². The molecule has 198 valence electrons. The van der Waals surface area contributed by atoms with Crippen LogP contribution in [0.2, 0.25) is 0 Å². The molecule has 0 aliphatic carbocycles. The van der Waals surface area contributed by atoms with Crippen LogP contribution in [0.3, 0.4) is 0 Å². The number of hydrogen-bond acceptors (Lipinski definition) is 9. The quantitative estimate of drug-likeness (QED) is 0.370. The minimum atomic E-state index is -0.0315. The van der Waals surface area contributed by atoms with E-state index in [0.717, 1.165) is 49.1 Å². The predicted molar refractivity (Wildman–Crippen MR) is 141 cm³/mol. The van der Waals surface area contributed by atoms with Gasteiger partial charge in [0, 0.05) is 50.3 Å². The third-order valence-corrected chi connectivity index (χ3v) is 5.96. The van der Waals surface area contributed by atoms with Crippen molar-refractivity contribution in [1.29, 1.82) is 0 Å². The van der Waals surface area contributed by atoms with Gasteiger partial charge in [-0.3, -0.25) is 9.36 Å². The monoisotopic (exact) mass is 508 g/mol. The molecule has 11 heteroatoms. The van der Waals surface area contributed by atoms with Crippen molar-refractivity contribution in [3.63, 3.8) is 0 Å². The minimum absolute atomic E-state index is 0.0315. The Kier molecular flexibility index (Phi) is 8.91. The first-order chi connectivity index (χ1) is 17.9. The van der Waals surface area contributed by atoms with Gasteiger partial charge in [0.2, 0.25) is 18.6 Å². The number of aryl methyl sites for hydroxylation is 1. The maximum atomic E-state index is 12.8. The van der Waals surface area contributed by atoms with Crippen molar-refractivity contribution in [3.8, 4) is 17.4 Å². The number of likely N-dealkylation sites (N-methyl/N-ethyl adjacent to an activating group) is 1. The van der Waals surface area contributed by atoms with Crippen molar-refractivity contribution < 1.29 is 14.3 Å². The second-order valence-electron chi connectivity index (χ2n) is 9.49. The van der Waals surface area contributed by atoms with Crippen LogP contribution in [0.5, 0.6) is 11.5 Å². The summed E-state index contributed by atoms with van der Waals surface area (Å²) < 4.78 is 12.7. The summed E-state index contributed by atoms with van der Waals surface area (Å²) in [4.78, 5) is 32.5. The Balaban J connectivity index is 1.40. The van der Waals surface area contributed by atoms with Crippen LogP contribution in [0.25, 0.3) is 5.95 Å². The van der Waals surface area contributed by atoms with Crippen LogP contribution >= 0.6 is 0 Å². The molecule has 11 nitrogen and oxygen atoms in total. The molecule has 0 saturated heterocycles. The molecule has 0 fully saturated rings. The molecule has 0 atom stereocenters. The lowest BCUT2D eigenvalue weighted by molar-refractivity contribution is -0.119. The van der Waals surface area contributed by atoms with Gasteiger partial charge in [-0.25, -0.2) is 9.97 Å².